The highest BCUT2D eigenvalue weighted by atomic mass is 14.8. The van der Waals surface area contributed by atoms with Crippen LogP contribution in [-0.4, -0.2) is 13.1 Å². The molecule has 0 unspecified atom stereocenters. The van der Waals surface area contributed by atoms with Gasteiger partial charge in [0.15, 0.2) is 0 Å². The summed E-state index contributed by atoms with van der Waals surface area (Å²) in [4.78, 5) is 0. The summed E-state index contributed by atoms with van der Waals surface area (Å²) in [6.45, 7) is 6.41. The Hall–Kier alpha value is -0.480. The minimum atomic E-state index is 0.980. The molecule has 0 aromatic carbocycles. The predicted molar refractivity (Wildman–Crippen MR) is 45.8 cm³/mol. The van der Waals surface area contributed by atoms with Gasteiger partial charge in [-0.2, -0.15) is 0 Å². The van der Waals surface area contributed by atoms with Crippen LogP contribution in [0.1, 0.15) is 33.1 Å². The fraction of sp³-hybridized carbons (Fsp3) is 0.778. The van der Waals surface area contributed by atoms with Gasteiger partial charge in [-0.25, -0.2) is 0 Å². The van der Waals surface area contributed by atoms with E-state index in [0.29, 0.717) is 0 Å². The van der Waals surface area contributed by atoms with Gasteiger partial charge < -0.3 is 5.32 Å². The third-order valence-electron chi connectivity index (χ3n) is 1.16. The molecule has 0 aliphatic carbocycles. The lowest BCUT2D eigenvalue weighted by Crippen LogP contribution is -2.15. The van der Waals surface area contributed by atoms with Crippen molar-refractivity contribution in [1.82, 2.24) is 5.32 Å². The summed E-state index contributed by atoms with van der Waals surface area (Å²) in [6, 6.07) is 0. The summed E-state index contributed by atoms with van der Waals surface area (Å²) in [6.07, 6.45) is 3.18. The van der Waals surface area contributed by atoms with Gasteiger partial charge in [0.25, 0.3) is 0 Å². The average Bonchev–Trinajstić information content (AvgIpc) is 1.97. The third-order valence-corrected chi connectivity index (χ3v) is 1.16. The van der Waals surface area contributed by atoms with E-state index in [4.69, 9.17) is 0 Å². The van der Waals surface area contributed by atoms with Crippen molar-refractivity contribution in [2.75, 3.05) is 13.1 Å². The standard InChI is InChI=1S/C9H17N/c1-3-5-6-7-9-10-8-4-2/h10H,3-4,7-9H2,1-2H3. The van der Waals surface area contributed by atoms with Crippen LogP contribution in [0.25, 0.3) is 0 Å². The molecule has 0 saturated heterocycles. The van der Waals surface area contributed by atoms with E-state index in [9.17, 15) is 0 Å². The fourth-order valence-corrected chi connectivity index (χ4v) is 0.666. The van der Waals surface area contributed by atoms with Crippen LogP contribution in [0.15, 0.2) is 0 Å². The van der Waals surface area contributed by atoms with E-state index in [1.54, 1.807) is 0 Å². The molecular formula is C9H17N. The molecule has 1 nitrogen and oxygen atoms in total. The van der Waals surface area contributed by atoms with Crippen LogP contribution in [0, 0.1) is 11.8 Å². The zero-order valence-electron chi connectivity index (χ0n) is 7.04. The van der Waals surface area contributed by atoms with E-state index in [-0.39, 0.29) is 0 Å². The van der Waals surface area contributed by atoms with Crippen LogP contribution < -0.4 is 5.32 Å². The molecule has 0 heterocycles. The van der Waals surface area contributed by atoms with Crippen LogP contribution in [0.4, 0.5) is 0 Å². The molecule has 10 heavy (non-hydrogen) atoms. The first-order valence-electron chi connectivity index (χ1n) is 4.08. The first-order chi connectivity index (χ1) is 4.91. The molecule has 0 spiro atoms. The lowest BCUT2D eigenvalue weighted by Gasteiger charge is -1.95. The molecule has 0 aliphatic rings. The molecular weight excluding hydrogens is 122 g/mol. The van der Waals surface area contributed by atoms with Crippen molar-refractivity contribution in [3.05, 3.63) is 0 Å². The first kappa shape index (κ1) is 9.52. The largest absolute Gasteiger partial charge is 0.316 e. The molecule has 0 bridgehead atoms. The van der Waals surface area contributed by atoms with Gasteiger partial charge in [0, 0.05) is 19.4 Å². The van der Waals surface area contributed by atoms with E-state index in [1.807, 2.05) is 0 Å². The monoisotopic (exact) mass is 139 g/mol. The van der Waals surface area contributed by atoms with E-state index < -0.39 is 0 Å². The van der Waals surface area contributed by atoms with Crippen molar-refractivity contribution in [2.24, 2.45) is 0 Å². The Morgan fingerprint density at radius 3 is 2.50 bits per heavy atom. The van der Waals surface area contributed by atoms with Gasteiger partial charge in [-0.15, -0.1) is 11.8 Å². The zero-order chi connectivity index (χ0) is 7.66. The Kier molecular flexibility index (Phi) is 8.11. The van der Waals surface area contributed by atoms with Gasteiger partial charge in [0.2, 0.25) is 0 Å². The second-order valence-corrected chi connectivity index (χ2v) is 2.21. The Morgan fingerprint density at radius 2 is 1.90 bits per heavy atom. The first-order valence-corrected chi connectivity index (χ1v) is 4.08. The fourth-order valence-electron chi connectivity index (χ4n) is 0.666. The summed E-state index contributed by atoms with van der Waals surface area (Å²) < 4.78 is 0. The summed E-state index contributed by atoms with van der Waals surface area (Å²) in [5, 5.41) is 3.29. The molecule has 0 aliphatic heterocycles. The number of nitrogens with one attached hydrogen (secondary N) is 1. The van der Waals surface area contributed by atoms with Crippen molar-refractivity contribution in [3.63, 3.8) is 0 Å². The minimum Gasteiger partial charge on any atom is -0.316 e. The van der Waals surface area contributed by atoms with E-state index in [2.05, 4.69) is 31.0 Å². The molecule has 0 aromatic rings. The Labute approximate surface area is 64.2 Å². The highest BCUT2D eigenvalue weighted by Gasteiger charge is 1.79. The molecule has 58 valence electrons. The van der Waals surface area contributed by atoms with Crippen LogP contribution >= 0.6 is 0 Å². The van der Waals surface area contributed by atoms with Gasteiger partial charge in [-0.1, -0.05) is 13.8 Å². The molecule has 0 radical (unpaired) electrons. The molecule has 1 N–H and O–H groups in total. The van der Waals surface area contributed by atoms with Gasteiger partial charge in [0.05, 0.1) is 0 Å². The minimum absolute atomic E-state index is 0.980. The molecule has 0 aromatic heterocycles. The quantitative estimate of drug-likeness (QED) is 0.462. The summed E-state index contributed by atoms with van der Waals surface area (Å²) in [7, 11) is 0. The van der Waals surface area contributed by atoms with E-state index in [1.165, 1.54) is 6.42 Å². The highest BCUT2D eigenvalue weighted by Crippen LogP contribution is 1.75. The van der Waals surface area contributed by atoms with Gasteiger partial charge in [-0.3, -0.25) is 0 Å². The van der Waals surface area contributed by atoms with Crippen molar-refractivity contribution in [2.45, 2.75) is 33.1 Å². The number of rotatable bonds is 4. The lowest BCUT2D eigenvalue weighted by atomic mass is 10.4. The molecule has 1 heteroatoms. The number of hydrogen-bond donors (Lipinski definition) is 1. The van der Waals surface area contributed by atoms with E-state index >= 15 is 0 Å². The van der Waals surface area contributed by atoms with Crippen molar-refractivity contribution < 1.29 is 0 Å². The summed E-state index contributed by atoms with van der Waals surface area (Å²) in [5.74, 6) is 6.12. The molecule has 0 amide bonds. The molecule has 0 saturated carbocycles. The van der Waals surface area contributed by atoms with Crippen LogP contribution in [0.3, 0.4) is 0 Å². The van der Waals surface area contributed by atoms with Crippen LogP contribution in [-0.2, 0) is 0 Å². The van der Waals surface area contributed by atoms with Crippen molar-refractivity contribution >= 4 is 0 Å². The van der Waals surface area contributed by atoms with Crippen LogP contribution in [0.5, 0.6) is 0 Å². The number of hydrogen-bond acceptors (Lipinski definition) is 1. The lowest BCUT2D eigenvalue weighted by molar-refractivity contribution is 0.683. The van der Waals surface area contributed by atoms with Gasteiger partial charge >= 0.3 is 0 Å². The Balaban J connectivity index is 2.90. The normalized spacial score (nSPS) is 8.60. The Morgan fingerprint density at radius 1 is 1.10 bits per heavy atom. The van der Waals surface area contributed by atoms with E-state index in [0.717, 1.165) is 25.9 Å². The maximum atomic E-state index is 3.29. The topological polar surface area (TPSA) is 12.0 Å². The second-order valence-electron chi connectivity index (χ2n) is 2.21. The maximum absolute atomic E-state index is 3.29. The zero-order valence-corrected chi connectivity index (χ0v) is 7.04. The van der Waals surface area contributed by atoms with Crippen molar-refractivity contribution in [3.8, 4) is 11.8 Å². The maximum Gasteiger partial charge on any atom is 0.0214 e. The van der Waals surface area contributed by atoms with Crippen LogP contribution in [0.2, 0.25) is 0 Å². The second kappa shape index (κ2) is 8.52. The SMILES string of the molecule is CCC#CCCNCCC. The van der Waals surface area contributed by atoms with Gasteiger partial charge in [0.1, 0.15) is 0 Å². The summed E-state index contributed by atoms with van der Waals surface area (Å²) in [5.41, 5.74) is 0. The smallest absolute Gasteiger partial charge is 0.0214 e. The third kappa shape index (κ3) is 7.52. The molecule has 0 rings (SSSR count). The Bertz CT molecular complexity index is 108. The van der Waals surface area contributed by atoms with Crippen molar-refractivity contribution in [1.29, 1.82) is 0 Å². The van der Waals surface area contributed by atoms with Gasteiger partial charge in [-0.05, 0) is 13.0 Å². The predicted octanol–water partition coefficient (Wildman–Crippen LogP) is 1.79. The molecule has 0 fully saturated rings. The summed E-state index contributed by atoms with van der Waals surface area (Å²) >= 11 is 0. The average molecular weight is 139 g/mol. The highest BCUT2D eigenvalue weighted by molar-refractivity contribution is 4.97. The molecule has 0 atom stereocenters.